The summed E-state index contributed by atoms with van der Waals surface area (Å²) >= 11 is 5.35. The van der Waals surface area contributed by atoms with E-state index in [1.54, 1.807) is 0 Å². The van der Waals surface area contributed by atoms with Crippen LogP contribution >= 0.6 is 27.9 Å². The van der Waals surface area contributed by atoms with Crippen molar-refractivity contribution < 1.29 is 0 Å². The fraction of sp³-hybridized carbons (Fsp3) is 0.500. The first-order valence-electron chi connectivity index (χ1n) is 5.42. The highest BCUT2D eigenvalue weighted by atomic mass is 79.9. The first kappa shape index (κ1) is 11.5. The molecule has 82 valence electrons. The molecule has 0 spiro atoms. The molecular weight excluding hydrogens is 270 g/mol. The second kappa shape index (κ2) is 5.37. The Morgan fingerprint density at radius 1 is 1.33 bits per heavy atom. The SMILES string of the molecule is CC1CCCN(Sc2ccc(Br)cc2)C1. The zero-order valence-corrected chi connectivity index (χ0v) is 11.4. The van der Waals surface area contributed by atoms with Gasteiger partial charge in [-0.15, -0.1) is 0 Å². The van der Waals surface area contributed by atoms with Gasteiger partial charge in [-0.05, 0) is 55.0 Å². The molecule has 1 aliphatic heterocycles. The van der Waals surface area contributed by atoms with Crippen molar-refractivity contribution >= 4 is 27.9 Å². The summed E-state index contributed by atoms with van der Waals surface area (Å²) in [6, 6.07) is 8.56. The van der Waals surface area contributed by atoms with Crippen molar-refractivity contribution in [2.45, 2.75) is 24.7 Å². The van der Waals surface area contributed by atoms with Gasteiger partial charge in [-0.3, -0.25) is 0 Å². The minimum absolute atomic E-state index is 0.849. The van der Waals surface area contributed by atoms with Crippen molar-refractivity contribution in [1.29, 1.82) is 0 Å². The minimum Gasteiger partial charge on any atom is -0.246 e. The van der Waals surface area contributed by atoms with Gasteiger partial charge in [0, 0.05) is 22.5 Å². The molecule has 0 saturated carbocycles. The fourth-order valence-electron chi connectivity index (χ4n) is 1.87. The second-order valence-corrected chi connectivity index (χ2v) is 6.27. The third-order valence-corrected chi connectivity index (χ3v) is 4.27. The summed E-state index contributed by atoms with van der Waals surface area (Å²) < 4.78 is 3.64. The van der Waals surface area contributed by atoms with Crippen LogP contribution in [0.2, 0.25) is 0 Å². The van der Waals surface area contributed by atoms with Crippen LogP contribution in [0.25, 0.3) is 0 Å². The zero-order valence-electron chi connectivity index (χ0n) is 8.95. The second-order valence-electron chi connectivity index (χ2n) is 4.18. The lowest BCUT2D eigenvalue weighted by Gasteiger charge is -2.29. The van der Waals surface area contributed by atoms with E-state index in [1.165, 1.54) is 30.8 Å². The van der Waals surface area contributed by atoms with E-state index in [0.717, 1.165) is 10.4 Å². The maximum Gasteiger partial charge on any atom is 0.0231 e. The number of hydrogen-bond donors (Lipinski definition) is 0. The molecule has 0 amide bonds. The van der Waals surface area contributed by atoms with Crippen molar-refractivity contribution in [3.8, 4) is 0 Å². The molecule has 0 bridgehead atoms. The van der Waals surface area contributed by atoms with Crippen LogP contribution < -0.4 is 0 Å². The zero-order chi connectivity index (χ0) is 10.7. The molecule has 1 nitrogen and oxygen atoms in total. The molecule has 1 fully saturated rings. The Morgan fingerprint density at radius 2 is 2.07 bits per heavy atom. The largest absolute Gasteiger partial charge is 0.246 e. The Kier molecular flexibility index (Phi) is 4.12. The molecular formula is C12H16BrNS. The van der Waals surface area contributed by atoms with Gasteiger partial charge < -0.3 is 0 Å². The van der Waals surface area contributed by atoms with E-state index in [-0.39, 0.29) is 0 Å². The van der Waals surface area contributed by atoms with Crippen LogP contribution in [0.1, 0.15) is 19.8 Å². The Morgan fingerprint density at radius 3 is 2.73 bits per heavy atom. The van der Waals surface area contributed by atoms with Gasteiger partial charge in [-0.2, -0.15) is 0 Å². The van der Waals surface area contributed by atoms with Gasteiger partial charge in [0.2, 0.25) is 0 Å². The third-order valence-electron chi connectivity index (χ3n) is 2.67. The summed E-state index contributed by atoms with van der Waals surface area (Å²) in [6.45, 7) is 4.79. The van der Waals surface area contributed by atoms with Gasteiger partial charge in [0.05, 0.1) is 0 Å². The predicted molar refractivity (Wildman–Crippen MR) is 70.0 cm³/mol. The number of benzene rings is 1. The Balaban J connectivity index is 1.93. The van der Waals surface area contributed by atoms with Crippen LogP contribution in [0.4, 0.5) is 0 Å². The summed E-state index contributed by atoms with van der Waals surface area (Å²) in [5, 5.41) is 0. The smallest absolute Gasteiger partial charge is 0.0231 e. The van der Waals surface area contributed by atoms with Gasteiger partial charge in [-0.1, -0.05) is 22.9 Å². The van der Waals surface area contributed by atoms with E-state index in [4.69, 9.17) is 0 Å². The highest BCUT2D eigenvalue weighted by Gasteiger charge is 2.16. The monoisotopic (exact) mass is 285 g/mol. The lowest BCUT2D eigenvalue weighted by atomic mass is 10.0. The van der Waals surface area contributed by atoms with Crippen molar-refractivity contribution in [3.63, 3.8) is 0 Å². The molecule has 1 aliphatic rings. The highest BCUT2D eigenvalue weighted by Crippen LogP contribution is 2.28. The Labute approximate surface area is 105 Å². The normalized spacial score (nSPS) is 22.9. The first-order chi connectivity index (χ1) is 7.24. The maximum atomic E-state index is 3.46. The third kappa shape index (κ3) is 3.51. The predicted octanol–water partition coefficient (Wildman–Crippen LogP) is 4.19. The summed E-state index contributed by atoms with van der Waals surface area (Å²) in [7, 11) is 0. The van der Waals surface area contributed by atoms with Crippen molar-refractivity contribution in [2.75, 3.05) is 13.1 Å². The lowest BCUT2D eigenvalue weighted by Crippen LogP contribution is -2.28. The van der Waals surface area contributed by atoms with Crippen LogP contribution in [0.15, 0.2) is 33.6 Å². The number of rotatable bonds is 2. The van der Waals surface area contributed by atoms with Crippen molar-refractivity contribution in [2.24, 2.45) is 5.92 Å². The molecule has 0 radical (unpaired) electrons. The molecule has 0 aliphatic carbocycles. The molecule has 1 saturated heterocycles. The average molecular weight is 286 g/mol. The van der Waals surface area contributed by atoms with Gasteiger partial charge >= 0.3 is 0 Å². The van der Waals surface area contributed by atoms with Crippen molar-refractivity contribution in [3.05, 3.63) is 28.7 Å². The number of halogens is 1. The summed E-state index contributed by atoms with van der Waals surface area (Å²) in [5.74, 6) is 0.849. The number of hydrogen-bond acceptors (Lipinski definition) is 2. The van der Waals surface area contributed by atoms with Crippen LogP contribution in [-0.4, -0.2) is 17.4 Å². The van der Waals surface area contributed by atoms with Gasteiger partial charge in [0.1, 0.15) is 0 Å². The van der Waals surface area contributed by atoms with E-state index in [1.807, 2.05) is 11.9 Å². The quantitative estimate of drug-likeness (QED) is 0.750. The van der Waals surface area contributed by atoms with E-state index < -0.39 is 0 Å². The van der Waals surface area contributed by atoms with E-state index in [0.29, 0.717) is 0 Å². The molecule has 1 aromatic rings. The van der Waals surface area contributed by atoms with Gasteiger partial charge in [-0.25, -0.2) is 4.31 Å². The minimum atomic E-state index is 0.849. The lowest BCUT2D eigenvalue weighted by molar-refractivity contribution is 0.302. The molecule has 1 atom stereocenters. The summed E-state index contributed by atoms with van der Waals surface area (Å²) in [6.07, 6.45) is 2.72. The maximum absolute atomic E-state index is 3.46. The van der Waals surface area contributed by atoms with Gasteiger partial charge in [0.15, 0.2) is 0 Å². The van der Waals surface area contributed by atoms with E-state index in [2.05, 4.69) is 51.4 Å². The van der Waals surface area contributed by atoms with Crippen LogP contribution in [-0.2, 0) is 0 Å². The molecule has 2 rings (SSSR count). The molecule has 1 aromatic carbocycles. The molecule has 15 heavy (non-hydrogen) atoms. The fourth-order valence-corrected chi connectivity index (χ4v) is 3.24. The Hall–Kier alpha value is 0.01000. The highest BCUT2D eigenvalue weighted by molar-refractivity contribution is 9.10. The molecule has 1 heterocycles. The number of nitrogens with zero attached hydrogens (tertiary/aromatic N) is 1. The van der Waals surface area contributed by atoms with E-state index in [9.17, 15) is 0 Å². The summed E-state index contributed by atoms with van der Waals surface area (Å²) in [5.41, 5.74) is 0. The van der Waals surface area contributed by atoms with Crippen LogP contribution in [0, 0.1) is 5.92 Å². The molecule has 3 heteroatoms. The Bertz CT molecular complexity index is 312. The molecule has 0 N–H and O–H groups in total. The summed E-state index contributed by atoms with van der Waals surface area (Å²) in [4.78, 5) is 1.34. The first-order valence-corrected chi connectivity index (χ1v) is 6.99. The van der Waals surface area contributed by atoms with Crippen molar-refractivity contribution in [1.82, 2.24) is 4.31 Å². The molecule has 1 unspecified atom stereocenters. The molecule has 0 aromatic heterocycles. The van der Waals surface area contributed by atoms with E-state index >= 15 is 0 Å². The van der Waals surface area contributed by atoms with Crippen LogP contribution in [0.3, 0.4) is 0 Å². The number of piperidine rings is 1. The van der Waals surface area contributed by atoms with Crippen LogP contribution in [0.5, 0.6) is 0 Å². The topological polar surface area (TPSA) is 3.24 Å². The average Bonchev–Trinajstić information content (AvgIpc) is 2.22. The van der Waals surface area contributed by atoms with Gasteiger partial charge in [0.25, 0.3) is 0 Å². The standard InChI is InChI=1S/C12H16BrNS/c1-10-3-2-8-14(9-10)15-12-6-4-11(13)5-7-12/h4-7,10H,2-3,8-9H2,1H3.